The normalized spacial score (nSPS) is 16.8. The Labute approximate surface area is 175 Å². The predicted octanol–water partition coefficient (Wildman–Crippen LogP) is 4.91. The van der Waals surface area contributed by atoms with Gasteiger partial charge >= 0.3 is 0 Å². The molecule has 148 valence electrons. The molecule has 4 rings (SSSR count). The van der Waals surface area contributed by atoms with Gasteiger partial charge in [0.25, 0.3) is 5.91 Å². The largest absolute Gasteiger partial charge is 0.494 e. The summed E-state index contributed by atoms with van der Waals surface area (Å²) >= 11 is 3.50. The van der Waals surface area contributed by atoms with Crippen molar-refractivity contribution < 1.29 is 9.53 Å². The molecule has 1 amide bonds. The second-order valence-corrected chi connectivity index (χ2v) is 8.52. The first kappa shape index (κ1) is 19.5. The topological polar surface area (TPSA) is 32.8 Å². The Morgan fingerprint density at radius 3 is 2.57 bits per heavy atom. The van der Waals surface area contributed by atoms with Crippen molar-refractivity contribution in [2.24, 2.45) is 0 Å². The Morgan fingerprint density at radius 2 is 1.79 bits per heavy atom. The van der Waals surface area contributed by atoms with E-state index in [1.54, 1.807) is 0 Å². The summed E-state index contributed by atoms with van der Waals surface area (Å²) in [7, 11) is 0. The van der Waals surface area contributed by atoms with E-state index in [1.165, 1.54) is 37.9 Å². The third kappa shape index (κ3) is 4.58. The second kappa shape index (κ2) is 9.10. The first-order valence-electron chi connectivity index (χ1n) is 10.3. The minimum absolute atomic E-state index is 0.0534. The number of rotatable bonds is 6. The highest BCUT2D eigenvalue weighted by atomic mass is 79.9. The summed E-state index contributed by atoms with van der Waals surface area (Å²) in [4.78, 5) is 17.3. The molecule has 2 aromatic carbocycles. The zero-order chi connectivity index (χ0) is 19.3. The maximum atomic E-state index is 12.9. The van der Waals surface area contributed by atoms with Gasteiger partial charge in [-0.3, -0.25) is 4.79 Å². The molecular weight excluding hydrogens is 416 g/mol. The first-order chi connectivity index (χ1) is 13.7. The number of hydrogen-bond donors (Lipinski definition) is 0. The monoisotopic (exact) mass is 442 g/mol. The van der Waals surface area contributed by atoms with E-state index in [0.717, 1.165) is 48.4 Å². The summed E-state index contributed by atoms with van der Waals surface area (Å²) in [5, 5.41) is 0. The van der Waals surface area contributed by atoms with Gasteiger partial charge in [-0.05, 0) is 86.8 Å². The Bertz CT molecular complexity index is 816. The molecule has 28 heavy (non-hydrogen) atoms. The highest BCUT2D eigenvalue weighted by Crippen LogP contribution is 2.31. The van der Waals surface area contributed by atoms with Crippen LogP contribution in [0.25, 0.3) is 0 Å². The Hall–Kier alpha value is -1.85. The van der Waals surface area contributed by atoms with E-state index < -0.39 is 0 Å². The number of nitrogens with zero attached hydrogens (tertiary/aromatic N) is 2. The smallest absolute Gasteiger partial charge is 0.258 e. The molecule has 4 nitrogen and oxygen atoms in total. The molecule has 0 aliphatic carbocycles. The van der Waals surface area contributed by atoms with Crippen LogP contribution in [0.4, 0.5) is 5.69 Å². The van der Waals surface area contributed by atoms with Crippen molar-refractivity contribution in [3.63, 3.8) is 0 Å². The Morgan fingerprint density at radius 1 is 1.00 bits per heavy atom. The number of amides is 1. The van der Waals surface area contributed by atoms with Crippen LogP contribution >= 0.6 is 15.9 Å². The fourth-order valence-electron chi connectivity index (χ4n) is 4.09. The van der Waals surface area contributed by atoms with Crippen LogP contribution in [0.1, 0.15) is 41.6 Å². The molecule has 0 atom stereocenters. The summed E-state index contributed by atoms with van der Waals surface area (Å²) < 4.78 is 6.93. The lowest BCUT2D eigenvalue weighted by molar-refractivity contribution is 0.0989. The van der Waals surface area contributed by atoms with Gasteiger partial charge in [0.1, 0.15) is 5.75 Å². The molecule has 1 saturated heterocycles. The molecule has 0 radical (unpaired) electrons. The van der Waals surface area contributed by atoms with E-state index in [1.807, 2.05) is 41.3 Å². The van der Waals surface area contributed by atoms with Crippen LogP contribution in [0, 0.1) is 0 Å². The second-order valence-electron chi connectivity index (χ2n) is 7.61. The highest BCUT2D eigenvalue weighted by Gasteiger charge is 2.25. The van der Waals surface area contributed by atoms with E-state index in [0.29, 0.717) is 5.56 Å². The van der Waals surface area contributed by atoms with Crippen molar-refractivity contribution in [3.8, 4) is 5.75 Å². The minimum Gasteiger partial charge on any atom is -0.494 e. The van der Waals surface area contributed by atoms with E-state index in [9.17, 15) is 4.79 Å². The van der Waals surface area contributed by atoms with Crippen LogP contribution in [0.15, 0.2) is 46.9 Å². The Balaban J connectivity index is 1.29. The summed E-state index contributed by atoms with van der Waals surface area (Å²) in [5.74, 6) is 0.888. The quantitative estimate of drug-likeness (QED) is 0.595. The van der Waals surface area contributed by atoms with Crippen LogP contribution in [0.5, 0.6) is 5.75 Å². The fraction of sp³-hybridized carbons (Fsp3) is 0.435. The zero-order valence-corrected chi connectivity index (χ0v) is 17.8. The third-order valence-electron chi connectivity index (χ3n) is 5.62. The third-order valence-corrected chi connectivity index (χ3v) is 6.11. The first-order valence-corrected chi connectivity index (χ1v) is 11.1. The summed E-state index contributed by atoms with van der Waals surface area (Å²) in [6.45, 7) is 5.03. The number of benzene rings is 2. The van der Waals surface area contributed by atoms with Gasteiger partial charge in [-0.1, -0.05) is 22.4 Å². The molecule has 0 bridgehead atoms. The van der Waals surface area contributed by atoms with Crippen LogP contribution in [-0.2, 0) is 6.42 Å². The summed E-state index contributed by atoms with van der Waals surface area (Å²) in [6, 6.07) is 13.7. The number of hydrogen-bond acceptors (Lipinski definition) is 3. The number of halogens is 1. The maximum Gasteiger partial charge on any atom is 0.258 e. The molecule has 0 saturated carbocycles. The molecule has 0 spiro atoms. The van der Waals surface area contributed by atoms with Gasteiger partial charge in [-0.2, -0.15) is 0 Å². The van der Waals surface area contributed by atoms with E-state index in [-0.39, 0.29) is 5.91 Å². The Kier molecular flexibility index (Phi) is 6.33. The highest BCUT2D eigenvalue weighted by molar-refractivity contribution is 9.10. The molecule has 2 aromatic rings. The van der Waals surface area contributed by atoms with Gasteiger partial charge < -0.3 is 14.5 Å². The van der Waals surface area contributed by atoms with E-state index in [4.69, 9.17) is 4.74 Å². The zero-order valence-electron chi connectivity index (χ0n) is 16.2. The van der Waals surface area contributed by atoms with Crippen molar-refractivity contribution in [2.45, 2.75) is 32.1 Å². The average molecular weight is 443 g/mol. The number of anilines is 1. The van der Waals surface area contributed by atoms with Crippen LogP contribution in [0.3, 0.4) is 0 Å². The van der Waals surface area contributed by atoms with Gasteiger partial charge in [0.2, 0.25) is 0 Å². The lowest BCUT2D eigenvalue weighted by Crippen LogP contribution is -2.31. The van der Waals surface area contributed by atoms with Crippen molar-refractivity contribution in [3.05, 3.63) is 58.1 Å². The van der Waals surface area contributed by atoms with E-state index >= 15 is 0 Å². The number of piperidine rings is 1. The summed E-state index contributed by atoms with van der Waals surface area (Å²) in [5.41, 5.74) is 2.94. The standard InChI is InChI=1S/C23H27BrN2O2/c24-20-7-10-22-19(17-20)11-15-26(22)23(27)18-5-8-21(9-6-18)28-16-4-14-25-12-2-1-3-13-25/h5-10,17H,1-4,11-16H2. The minimum atomic E-state index is 0.0534. The molecule has 1 fully saturated rings. The van der Waals surface area contributed by atoms with Gasteiger partial charge in [0.15, 0.2) is 0 Å². The number of fused-ring (bicyclic) bond motifs is 1. The number of likely N-dealkylation sites (tertiary alicyclic amines) is 1. The SMILES string of the molecule is O=C(c1ccc(OCCCN2CCCCC2)cc1)N1CCc2cc(Br)ccc21. The van der Waals surface area contributed by atoms with Crippen LogP contribution in [-0.4, -0.2) is 43.6 Å². The molecule has 2 aliphatic heterocycles. The lowest BCUT2D eigenvalue weighted by atomic mass is 10.1. The molecule has 5 heteroatoms. The number of ether oxygens (including phenoxy) is 1. The number of carbonyl (C=O) groups excluding carboxylic acids is 1. The fourth-order valence-corrected chi connectivity index (χ4v) is 4.50. The summed E-state index contributed by atoms with van der Waals surface area (Å²) in [6.07, 6.45) is 5.97. The molecule has 0 unspecified atom stereocenters. The lowest BCUT2D eigenvalue weighted by Gasteiger charge is -2.26. The van der Waals surface area contributed by atoms with Crippen molar-refractivity contribution >= 4 is 27.5 Å². The molecule has 2 aliphatic rings. The van der Waals surface area contributed by atoms with Gasteiger partial charge in [-0.15, -0.1) is 0 Å². The van der Waals surface area contributed by atoms with Gasteiger partial charge in [0, 0.05) is 28.8 Å². The maximum absolute atomic E-state index is 12.9. The number of carbonyl (C=O) groups is 1. The molecule has 0 N–H and O–H groups in total. The van der Waals surface area contributed by atoms with Crippen molar-refractivity contribution in [2.75, 3.05) is 37.7 Å². The molecule has 2 heterocycles. The van der Waals surface area contributed by atoms with Crippen LogP contribution < -0.4 is 9.64 Å². The van der Waals surface area contributed by atoms with Crippen molar-refractivity contribution in [1.82, 2.24) is 4.90 Å². The average Bonchev–Trinajstić information content (AvgIpc) is 3.15. The van der Waals surface area contributed by atoms with Crippen LogP contribution in [0.2, 0.25) is 0 Å². The van der Waals surface area contributed by atoms with Gasteiger partial charge in [0.05, 0.1) is 6.61 Å². The van der Waals surface area contributed by atoms with E-state index in [2.05, 4.69) is 26.9 Å². The molecule has 0 aromatic heterocycles. The molecular formula is C23H27BrN2O2. The van der Waals surface area contributed by atoms with Gasteiger partial charge in [-0.25, -0.2) is 0 Å². The van der Waals surface area contributed by atoms with Crippen molar-refractivity contribution in [1.29, 1.82) is 0 Å². The predicted molar refractivity (Wildman–Crippen MR) is 116 cm³/mol.